The Morgan fingerprint density at radius 2 is 0.692 bits per heavy atom. The van der Waals surface area contributed by atoms with Crippen LogP contribution in [0.1, 0.15) is 16.7 Å². The van der Waals surface area contributed by atoms with Gasteiger partial charge in [-0.1, -0.05) is 199 Å². The third kappa shape index (κ3) is 8.01. The van der Waals surface area contributed by atoms with Crippen molar-refractivity contribution in [1.82, 2.24) is 24.1 Å². The van der Waals surface area contributed by atoms with Gasteiger partial charge < -0.3 is 9.13 Å². The van der Waals surface area contributed by atoms with Crippen LogP contribution in [0.4, 0.5) is 0 Å². The Morgan fingerprint density at radius 1 is 0.295 bits per heavy atom. The molecular formula is C72H48N6. The fourth-order valence-electron chi connectivity index (χ4n) is 11.3. The van der Waals surface area contributed by atoms with E-state index in [9.17, 15) is 5.26 Å². The van der Waals surface area contributed by atoms with Crippen molar-refractivity contribution >= 4 is 43.6 Å². The van der Waals surface area contributed by atoms with Crippen molar-refractivity contribution in [2.75, 3.05) is 0 Å². The van der Waals surface area contributed by atoms with Gasteiger partial charge >= 0.3 is 0 Å². The molecular weight excluding hydrogens is 949 g/mol. The minimum Gasteiger partial charge on any atom is -0.309 e. The lowest BCUT2D eigenvalue weighted by atomic mass is 9.93. The van der Waals surface area contributed by atoms with Gasteiger partial charge in [-0.05, 0) is 120 Å². The quantitative estimate of drug-likeness (QED) is 0.144. The molecule has 0 N–H and O–H groups in total. The van der Waals surface area contributed by atoms with Gasteiger partial charge in [0.25, 0.3) is 0 Å². The molecule has 3 heterocycles. The fraction of sp³-hybridized carbons (Fsp3) is 0.0278. The van der Waals surface area contributed by atoms with Crippen molar-refractivity contribution < 1.29 is 0 Å². The average molecular weight is 997 g/mol. The summed E-state index contributed by atoms with van der Waals surface area (Å²) in [5.74, 6) is 1.69. The Hall–Kier alpha value is -10.5. The standard InChI is InChI=1S/C72H48N6/c1-46-25-29-48(30-26-46)52-33-37-67-61(41-52)58-21-11-13-23-64(58)77(67)66-39-35-54(57-20-10-9-19-56(57)45-73)43-60(66)55-36-40-69(63(44-55)72-75-70(50-15-5-3-6-16-50)74-71(76-72)51-17-7-4-8-18-51)78-65-24-14-12-22-59(65)62-42-53(34-38-68(62)78)49-31-27-47(2)28-32-49/h3-44H,1-2H3. The van der Waals surface area contributed by atoms with Crippen LogP contribution < -0.4 is 0 Å². The summed E-state index contributed by atoms with van der Waals surface area (Å²) in [6.45, 7) is 4.25. The second-order valence-corrected chi connectivity index (χ2v) is 20.1. The van der Waals surface area contributed by atoms with Gasteiger partial charge in [-0.25, -0.2) is 15.0 Å². The molecule has 0 spiro atoms. The number of nitriles is 1. The van der Waals surface area contributed by atoms with Crippen LogP contribution in [0.3, 0.4) is 0 Å². The molecule has 0 saturated heterocycles. The van der Waals surface area contributed by atoms with Crippen LogP contribution in [0.2, 0.25) is 0 Å². The molecule has 78 heavy (non-hydrogen) atoms. The van der Waals surface area contributed by atoms with Gasteiger partial charge in [0.05, 0.1) is 45.1 Å². The molecule has 3 aromatic heterocycles. The van der Waals surface area contributed by atoms with Crippen LogP contribution in [0, 0.1) is 25.2 Å². The minimum absolute atomic E-state index is 0.537. The summed E-state index contributed by atoms with van der Waals surface area (Å²) in [4.78, 5) is 16.0. The zero-order valence-corrected chi connectivity index (χ0v) is 42.9. The van der Waals surface area contributed by atoms with Crippen molar-refractivity contribution in [3.05, 3.63) is 271 Å². The highest BCUT2D eigenvalue weighted by molar-refractivity contribution is 6.12. The number of rotatable bonds is 9. The Morgan fingerprint density at radius 3 is 1.22 bits per heavy atom. The van der Waals surface area contributed by atoms with E-state index < -0.39 is 0 Å². The zero-order valence-electron chi connectivity index (χ0n) is 42.9. The summed E-state index contributed by atoms with van der Waals surface area (Å²) >= 11 is 0. The first-order valence-electron chi connectivity index (χ1n) is 26.3. The normalized spacial score (nSPS) is 11.4. The number of fused-ring (bicyclic) bond motifs is 6. The van der Waals surface area contributed by atoms with Crippen molar-refractivity contribution in [2.45, 2.75) is 13.8 Å². The number of hydrogen-bond acceptors (Lipinski definition) is 4. The lowest BCUT2D eigenvalue weighted by molar-refractivity contribution is 1.06. The molecule has 0 aliphatic heterocycles. The summed E-state index contributed by atoms with van der Waals surface area (Å²) < 4.78 is 4.77. The predicted octanol–water partition coefficient (Wildman–Crippen LogP) is 18.2. The summed E-state index contributed by atoms with van der Waals surface area (Å²) in [5, 5.41) is 15.1. The molecule has 0 aliphatic rings. The molecule has 366 valence electrons. The lowest BCUT2D eigenvalue weighted by Gasteiger charge is -2.19. The molecule has 14 aromatic rings. The molecule has 6 nitrogen and oxygen atoms in total. The van der Waals surface area contributed by atoms with E-state index in [1.165, 1.54) is 22.3 Å². The molecule has 0 amide bonds. The van der Waals surface area contributed by atoms with Gasteiger partial charge in [-0.15, -0.1) is 0 Å². The third-order valence-corrected chi connectivity index (χ3v) is 15.2. The van der Waals surface area contributed by atoms with Crippen LogP contribution in [0.15, 0.2) is 255 Å². The van der Waals surface area contributed by atoms with E-state index in [4.69, 9.17) is 15.0 Å². The van der Waals surface area contributed by atoms with Crippen molar-refractivity contribution in [3.63, 3.8) is 0 Å². The number of aryl methyl sites for hydroxylation is 2. The molecule has 11 aromatic carbocycles. The van der Waals surface area contributed by atoms with E-state index in [1.54, 1.807) is 0 Å². The summed E-state index contributed by atoms with van der Waals surface area (Å²) in [7, 11) is 0. The largest absolute Gasteiger partial charge is 0.309 e. The Bertz CT molecular complexity index is 4620. The number of para-hydroxylation sites is 2. The molecule has 6 heteroatoms. The second-order valence-electron chi connectivity index (χ2n) is 20.1. The van der Waals surface area contributed by atoms with Gasteiger partial charge in [0, 0.05) is 43.8 Å². The van der Waals surface area contributed by atoms with Gasteiger partial charge in [0.2, 0.25) is 0 Å². The van der Waals surface area contributed by atoms with E-state index in [-0.39, 0.29) is 0 Å². The molecule has 0 saturated carbocycles. The summed E-state index contributed by atoms with van der Waals surface area (Å²) in [5.41, 5.74) is 20.3. The van der Waals surface area contributed by atoms with Crippen LogP contribution in [0.5, 0.6) is 0 Å². The minimum atomic E-state index is 0.537. The topological polar surface area (TPSA) is 72.3 Å². The summed E-state index contributed by atoms with van der Waals surface area (Å²) in [6, 6.07) is 92.4. The van der Waals surface area contributed by atoms with Gasteiger partial charge in [0.1, 0.15) is 0 Å². The highest BCUT2D eigenvalue weighted by atomic mass is 15.1. The van der Waals surface area contributed by atoms with Crippen LogP contribution in [-0.4, -0.2) is 24.1 Å². The lowest BCUT2D eigenvalue weighted by Crippen LogP contribution is -2.04. The Labute approximate surface area is 452 Å². The number of nitrogens with zero attached hydrogens (tertiary/aromatic N) is 6. The molecule has 0 atom stereocenters. The molecule has 0 radical (unpaired) electrons. The van der Waals surface area contributed by atoms with Gasteiger partial charge in [-0.2, -0.15) is 5.26 Å². The Balaban J connectivity index is 1.06. The van der Waals surface area contributed by atoms with E-state index in [1.807, 2.05) is 60.7 Å². The highest BCUT2D eigenvalue weighted by Crippen LogP contribution is 2.44. The van der Waals surface area contributed by atoms with E-state index >= 15 is 0 Å². The SMILES string of the molecule is Cc1ccc(-c2ccc3c(c2)c2ccccc2n3-c2ccc(-c3ccccc3C#N)cc2-c2ccc(-n3c4ccccc4c4cc(-c5ccc(C)cc5)ccc43)c(-c3nc(-c4ccccc4)nc(-c4ccccc4)n3)c2)cc1. The molecule has 0 unspecified atom stereocenters. The first kappa shape index (κ1) is 46.1. The second kappa shape index (κ2) is 19.0. The van der Waals surface area contributed by atoms with Gasteiger partial charge in [0.15, 0.2) is 17.5 Å². The van der Waals surface area contributed by atoms with Crippen LogP contribution in [0.25, 0.3) is 134 Å². The number of benzene rings is 11. The van der Waals surface area contributed by atoms with Crippen LogP contribution >= 0.6 is 0 Å². The maximum Gasteiger partial charge on any atom is 0.166 e. The van der Waals surface area contributed by atoms with Crippen molar-refractivity contribution in [3.8, 4) is 96.1 Å². The number of aromatic nitrogens is 5. The first-order valence-corrected chi connectivity index (χ1v) is 26.3. The van der Waals surface area contributed by atoms with Crippen LogP contribution in [-0.2, 0) is 0 Å². The first-order chi connectivity index (χ1) is 38.4. The van der Waals surface area contributed by atoms with Crippen molar-refractivity contribution in [2.24, 2.45) is 0 Å². The average Bonchev–Trinajstić information content (AvgIpc) is 4.13. The van der Waals surface area contributed by atoms with E-state index in [0.29, 0.717) is 23.0 Å². The predicted molar refractivity (Wildman–Crippen MR) is 321 cm³/mol. The summed E-state index contributed by atoms with van der Waals surface area (Å²) in [6.07, 6.45) is 0. The van der Waals surface area contributed by atoms with E-state index in [2.05, 4.69) is 223 Å². The monoisotopic (exact) mass is 996 g/mol. The zero-order chi connectivity index (χ0) is 52.3. The molecule has 0 aliphatic carbocycles. The fourth-order valence-corrected chi connectivity index (χ4v) is 11.3. The maximum atomic E-state index is 10.5. The molecule has 0 fully saturated rings. The smallest absolute Gasteiger partial charge is 0.166 e. The van der Waals surface area contributed by atoms with Crippen molar-refractivity contribution in [1.29, 1.82) is 5.26 Å². The number of hydrogen-bond donors (Lipinski definition) is 0. The highest BCUT2D eigenvalue weighted by Gasteiger charge is 2.24. The molecule has 14 rings (SSSR count). The Kier molecular flexibility index (Phi) is 11.2. The van der Waals surface area contributed by atoms with E-state index in [0.717, 1.165) is 105 Å². The third-order valence-electron chi connectivity index (χ3n) is 15.2. The van der Waals surface area contributed by atoms with Gasteiger partial charge in [-0.3, -0.25) is 0 Å². The molecule has 0 bridgehead atoms. The maximum absolute atomic E-state index is 10.5.